The van der Waals surface area contributed by atoms with Gasteiger partial charge in [-0.2, -0.15) is 0 Å². The second-order valence-electron chi connectivity index (χ2n) is 6.14. The molecule has 4 aromatic rings. The molecule has 3 aromatic carbocycles. The Labute approximate surface area is 168 Å². The summed E-state index contributed by atoms with van der Waals surface area (Å²) in [6.07, 6.45) is 1.80. The standard InChI is InChI=1S/C23H18ClNOS/c24-20-13-11-19(12-14-20)23(18-9-5-2-6-10-18)27-16-22-25-15-21(26-22)17-7-3-1-4-8-17/h1-15,23H,16H2/t23-/m1/s1. The van der Waals surface area contributed by atoms with E-state index in [2.05, 4.69) is 41.4 Å². The summed E-state index contributed by atoms with van der Waals surface area (Å²) in [5.74, 6) is 2.22. The Balaban J connectivity index is 1.54. The summed E-state index contributed by atoms with van der Waals surface area (Å²) in [5.41, 5.74) is 3.50. The number of hydrogen-bond acceptors (Lipinski definition) is 3. The molecule has 0 N–H and O–H groups in total. The van der Waals surface area contributed by atoms with Crippen molar-refractivity contribution in [3.05, 3.63) is 113 Å². The summed E-state index contributed by atoms with van der Waals surface area (Å²) >= 11 is 7.86. The molecule has 1 atom stereocenters. The molecule has 0 amide bonds. The van der Waals surface area contributed by atoms with Gasteiger partial charge < -0.3 is 4.42 Å². The minimum atomic E-state index is 0.190. The number of thioether (sulfide) groups is 1. The van der Waals surface area contributed by atoms with E-state index in [0.29, 0.717) is 5.75 Å². The van der Waals surface area contributed by atoms with Crippen molar-refractivity contribution >= 4 is 23.4 Å². The normalized spacial score (nSPS) is 12.0. The van der Waals surface area contributed by atoms with Gasteiger partial charge in [0.1, 0.15) is 0 Å². The van der Waals surface area contributed by atoms with E-state index in [1.165, 1.54) is 11.1 Å². The van der Waals surface area contributed by atoms with E-state index in [1.54, 1.807) is 18.0 Å². The van der Waals surface area contributed by atoms with Crippen LogP contribution in [-0.4, -0.2) is 4.98 Å². The molecule has 0 fully saturated rings. The van der Waals surface area contributed by atoms with Gasteiger partial charge in [-0.05, 0) is 23.3 Å². The number of aromatic nitrogens is 1. The monoisotopic (exact) mass is 391 g/mol. The molecule has 0 spiro atoms. The fourth-order valence-electron chi connectivity index (χ4n) is 2.92. The van der Waals surface area contributed by atoms with Gasteiger partial charge in [-0.15, -0.1) is 11.8 Å². The van der Waals surface area contributed by atoms with Crippen molar-refractivity contribution in [1.29, 1.82) is 0 Å². The maximum atomic E-state index is 6.06. The van der Waals surface area contributed by atoms with Gasteiger partial charge in [-0.25, -0.2) is 4.98 Å². The molecule has 0 aliphatic rings. The van der Waals surface area contributed by atoms with Gasteiger partial charge in [0.2, 0.25) is 5.89 Å². The molecule has 0 aliphatic carbocycles. The van der Waals surface area contributed by atoms with Gasteiger partial charge in [0, 0.05) is 10.6 Å². The average Bonchev–Trinajstić information content (AvgIpc) is 3.20. The lowest BCUT2D eigenvalue weighted by atomic mass is 10.0. The highest BCUT2D eigenvalue weighted by atomic mass is 35.5. The first-order valence-corrected chi connectivity index (χ1v) is 10.1. The molecule has 27 heavy (non-hydrogen) atoms. The third-order valence-electron chi connectivity index (χ3n) is 4.26. The zero-order valence-corrected chi connectivity index (χ0v) is 16.2. The zero-order chi connectivity index (χ0) is 18.5. The van der Waals surface area contributed by atoms with Crippen LogP contribution in [0.4, 0.5) is 0 Å². The second kappa shape index (κ2) is 8.47. The number of rotatable bonds is 6. The van der Waals surface area contributed by atoms with Crippen LogP contribution >= 0.6 is 23.4 Å². The van der Waals surface area contributed by atoms with Gasteiger partial charge in [0.25, 0.3) is 0 Å². The Morgan fingerprint density at radius 2 is 1.44 bits per heavy atom. The number of nitrogens with zero attached hydrogens (tertiary/aromatic N) is 1. The minimum absolute atomic E-state index is 0.190. The Morgan fingerprint density at radius 1 is 0.815 bits per heavy atom. The Bertz CT molecular complexity index is 984. The van der Waals surface area contributed by atoms with E-state index in [4.69, 9.17) is 16.0 Å². The predicted octanol–water partition coefficient (Wildman–Crippen LogP) is 7.02. The lowest BCUT2D eigenvalue weighted by molar-refractivity contribution is 0.530. The fraction of sp³-hybridized carbons (Fsp3) is 0.0870. The van der Waals surface area contributed by atoms with Crippen LogP contribution in [0.3, 0.4) is 0 Å². The predicted molar refractivity (Wildman–Crippen MR) is 113 cm³/mol. The molecule has 2 nitrogen and oxygen atoms in total. The summed E-state index contributed by atoms with van der Waals surface area (Å²) in [6, 6.07) is 28.5. The highest BCUT2D eigenvalue weighted by molar-refractivity contribution is 7.98. The molecule has 0 saturated heterocycles. The van der Waals surface area contributed by atoms with Crippen LogP contribution in [0.25, 0.3) is 11.3 Å². The summed E-state index contributed by atoms with van der Waals surface area (Å²) in [4.78, 5) is 4.46. The highest BCUT2D eigenvalue weighted by Crippen LogP contribution is 2.38. The smallest absolute Gasteiger partial charge is 0.204 e. The van der Waals surface area contributed by atoms with Crippen molar-refractivity contribution in [2.45, 2.75) is 11.0 Å². The van der Waals surface area contributed by atoms with Crippen molar-refractivity contribution < 1.29 is 4.42 Å². The molecule has 0 saturated carbocycles. The van der Waals surface area contributed by atoms with Crippen LogP contribution in [0.2, 0.25) is 5.02 Å². The quantitative estimate of drug-likeness (QED) is 0.353. The van der Waals surface area contributed by atoms with Crippen LogP contribution in [0.5, 0.6) is 0 Å². The average molecular weight is 392 g/mol. The number of oxazole rings is 1. The molecule has 4 rings (SSSR count). The first-order chi connectivity index (χ1) is 13.3. The summed E-state index contributed by atoms with van der Waals surface area (Å²) in [7, 11) is 0. The lowest BCUT2D eigenvalue weighted by Gasteiger charge is -2.17. The summed E-state index contributed by atoms with van der Waals surface area (Å²) < 4.78 is 5.96. The molecular formula is C23H18ClNOS. The van der Waals surface area contributed by atoms with E-state index < -0.39 is 0 Å². The van der Waals surface area contributed by atoms with Crippen molar-refractivity contribution in [3.63, 3.8) is 0 Å². The van der Waals surface area contributed by atoms with Crippen LogP contribution in [0, 0.1) is 0 Å². The van der Waals surface area contributed by atoms with Gasteiger partial charge in [0.15, 0.2) is 5.76 Å². The molecule has 1 heterocycles. The number of halogens is 1. The van der Waals surface area contributed by atoms with Crippen molar-refractivity contribution in [2.75, 3.05) is 0 Å². The molecule has 0 radical (unpaired) electrons. The van der Waals surface area contributed by atoms with E-state index in [9.17, 15) is 0 Å². The molecule has 0 unspecified atom stereocenters. The van der Waals surface area contributed by atoms with Crippen LogP contribution < -0.4 is 0 Å². The first-order valence-electron chi connectivity index (χ1n) is 8.72. The largest absolute Gasteiger partial charge is 0.440 e. The van der Waals surface area contributed by atoms with Crippen LogP contribution in [-0.2, 0) is 5.75 Å². The summed E-state index contributed by atoms with van der Waals surface area (Å²) in [5, 5.41) is 0.936. The molecule has 0 aliphatic heterocycles. The molecule has 4 heteroatoms. The van der Waals surface area contributed by atoms with E-state index in [-0.39, 0.29) is 5.25 Å². The van der Waals surface area contributed by atoms with Crippen LogP contribution in [0.15, 0.2) is 95.5 Å². The third-order valence-corrected chi connectivity index (χ3v) is 5.80. The van der Waals surface area contributed by atoms with Crippen molar-refractivity contribution in [3.8, 4) is 11.3 Å². The molecule has 0 bridgehead atoms. The maximum Gasteiger partial charge on any atom is 0.204 e. The molecule has 1 aromatic heterocycles. The Hall–Kier alpha value is -2.49. The van der Waals surface area contributed by atoms with E-state index in [1.807, 2.05) is 48.5 Å². The van der Waals surface area contributed by atoms with Crippen molar-refractivity contribution in [2.24, 2.45) is 0 Å². The van der Waals surface area contributed by atoms with E-state index >= 15 is 0 Å². The SMILES string of the molecule is Clc1ccc([C@H](SCc2ncc(-c3ccccc3)o2)c2ccccc2)cc1. The molecule has 134 valence electrons. The zero-order valence-electron chi connectivity index (χ0n) is 14.6. The Kier molecular flexibility index (Phi) is 5.61. The maximum absolute atomic E-state index is 6.06. The number of hydrogen-bond donors (Lipinski definition) is 0. The highest BCUT2D eigenvalue weighted by Gasteiger charge is 2.16. The first kappa shape index (κ1) is 17.9. The second-order valence-corrected chi connectivity index (χ2v) is 7.67. The third kappa shape index (κ3) is 4.44. The van der Waals surface area contributed by atoms with Crippen LogP contribution in [0.1, 0.15) is 22.3 Å². The van der Waals surface area contributed by atoms with Gasteiger partial charge in [-0.1, -0.05) is 84.4 Å². The number of benzene rings is 3. The van der Waals surface area contributed by atoms with Gasteiger partial charge in [-0.3, -0.25) is 0 Å². The van der Waals surface area contributed by atoms with Gasteiger partial charge in [0.05, 0.1) is 17.2 Å². The van der Waals surface area contributed by atoms with Crippen molar-refractivity contribution in [1.82, 2.24) is 4.98 Å². The van der Waals surface area contributed by atoms with E-state index in [0.717, 1.165) is 22.2 Å². The minimum Gasteiger partial charge on any atom is -0.440 e. The fourth-order valence-corrected chi connectivity index (χ4v) is 4.19. The Morgan fingerprint density at radius 3 is 2.15 bits per heavy atom. The molecular weight excluding hydrogens is 374 g/mol. The van der Waals surface area contributed by atoms with Gasteiger partial charge >= 0.3 is 0 Å². The summed E-state index contributed by atoms with van der Waals surface area (Å²) in [6.45, 7) is 0. The topological polar surface area (TPSA) is 26.0 Å². The lowest BCUT2D eigenvalue weighted by Crippen LogP contribution is -1.97.